The van der Waals surface area contributed by atoms with Gasteiger partial charge in [0.15, 0.2) is 0 Å². The molecule has 1 N–H and O–H groups in total. The van der Waals surface area contributed by atoms with E-state index < -0.39 is 5.97 Å². The Kier molecular flexibility index (Phi) is 4.15. The van der Waals surface area contributed by atoms with E-state index in [9.17, 15) is 4.79 Å². The van der Waals surface area contributed by atoms with Crippen molar-refractivity contribution >= 4 is 17.9 Å². The summed E-state index contributed by atoms with van der Waals surface area (Å²) in [4.78, 5) is 15.5. The Balaban J connectivity index is 2.15. The third-order valence-electron chi connectivity index (χ3n) is 3.39. The zero-order valence-corrected chi connectivity index (χ0v) is 11.3. The SMILES string of the molecule is CC1=CC(C)CC(/C=N\c2ccccc2C(=O)O)C1. The zero-order chi connectivity index (χ0) is 13.8. The largest absolute Gasteiger partial charge is 0.478 e. The minimum absolute atomic E-state index is 0.259. The number of aliphatic imine (C=N–C) groups is 1. The molecule has 0 saturated carbocycles. The number of carbonyl (C=O) groups is 1. The summed E-state index contributed by atoms with van der Waals surface area (Å²) in [6, 6.07) is 6.87. The van der Waals surface area contributed by atoms with Crippen LogP contribution >= 0.6 is 0 Å². The predicted molar refractivity (Wildman–Crippen MR) is 77.2 cm³/mol. The van der Waals surface area contributed by atoms with E-state index in [4.69, 9.17) is 5.11 Å². The van der Waals surface area contributed by atoms with Crippen molar-refractivity contribution in [1.29, 1.82) is 0 Å². The van der Waals surface area contributed by atoms with Crippen molar-refractivity contribution in [2.75, 3.05) is 0 Å². The highest BCUT2D eigenvalue weighted by molar-refractivity contribution is 5.94. The van der Waals surface area contributed by atoms with Crippen molar-refractivity contribution in [3.8, 4) is 0 Å². The first-order chi connectivity index (χ1) is 9.06. The minimum atomic E-state index is -0.930. The van der Waals surface area contributed by atoms with E-state index >= 15 is 0 Å². The molecule has 100 valence electrons. The molecule has 2 unspecified atom stereocenters. The summed E-state index contributed by atoms with van der Waals surface area (Å²) in [5.41, 5.74) is 2.19. The second-order valence-electron chi connectivity index (χ2n) is 5.29. The van der Waals surface area contributed by atoms with Gasteiger partial charge in [-0.05, 0) is 43.7 Å². The van der Waals surface area contributed by atoms with Crippen LogP contribution in [0.1, 0.15) is 37.0 Å². The lowest BCUT2D eigenvalue weighted by molar-refractivity contribution is 0.0698. The number of nitrogens with zero attached hydrogens (tertiary/aromatic N) is 1. The fraction of sp³-hybridized carbons (Fsp3) is 0.375. The third kappa shape index (κ3) is 3.53. The maximum atomic E-state index is 11.1. The highest BCUT2D eigenvalue weighted by Gasteiger charge is 2.16. The summed E-state index contributed by atoms with van der Waals surface area (Å²) in [6.45, 7) is 4.34. The van der Waals surface area contributed by atoms with Crippen LogP contribution < -0.4 is 0 Å². The molecule has 0 radical (unpaired) electrons. The van der Waals surface area contributed by atoms with E-state index in [0.29, 0.717) is 17.5 Å². The molecule has 1 aliphatic rings. The van der Waals surface area contributed by atoms with E-state index in [1.807, 2.05) is 12.3 Å². The molecule has 1 aromatic carbocycles. The van der Waals surface area contributed by atoms with Crippen LogP contribution in [0.4, 0.5) is 5.69 Å². The summed E-state index contributed by atoms with van der Waals surface area (Å²) >= 11 is 0. The standard InChI is InChI=1S/C16H19NO2/c1-11-7-12(2)9-13(8-11)10-17-15-6-4-3-5-14(15)16(18)19/h3-7,10-11,13H,8-9H2,1-2H3,(H,18,19)/b17-10-. The van der Waals surface area contributed by atoms with Crippen molar-refractivity contribution in [3.05, 3.63) is 41.5 Å². The molecular formula is C16H19NO2. The van der Waals surface area contributed by atoms with Crippen LogP contribution in [0.25, 0.3) is 0 Å². The predicted octanol–water partition coefficient (Wildman–Crippen LogP) is 4.08. The highest BCUT2D eigenvalue weighted by Crippen LogP contribution is 2.27. The van der Waals surface area contributed by atoms with Gasteiger partial charge in [-0.3, -0.25) is 4.99 Å². The van der Waals surface area contributed by atoms with Crippen molar-refractivity contribution in [1.82, 2.24) is 0 Å². The molecule has 1 aromatic rings. The molecule has 0 aromatic heterocycles. The Morgan fingerprint density at radius 3 is 2.84 bits per heavy atom. The highest BCUT2D eigenvalue weighted by atomic mass is 16.4. The minimum Gasteiger partial charge on any atom is -0.478 e. The Morgan fingerprint density at radius 1 is 1.42 bits per heavy atom. The number of para-hydroxylation sites is 1. The van der Waals surface area contributed by atoms with E-state index in [0.717, 1.165) is 12.8 Å². The Bertz CT molecular complexity index is 531. The fourth-order valence-corrected chi connectivity index (χ4v) is 2.66. The lowest BCUT2D eigenvalue weighted by atomic mass is 9.84. The van der Waals surface area contributed by atoms with Crippen molar-refractivity contribution in [2.45, 2.75) is 26.7 Å². The molecule has 3 nitrogen and oxygen atoms in total. The number of hydrogen-bond acceptors (Lipinski definition) is 2. The maximum Gasteiger partial charge on any atom is 0.337 e. The van der Waals surface area contributed by atoms with E-state index in [-0.39, 0.29) is 5.56 Å². The Hall–Kier alpha value is -1.90. The second-order valence-corrected chi connectivity index (χ2v) is 5.29. The van der Waals surface area contributed by atoms with Gasteiger partial charge in [-0.1, -0.05) is 30.7 Å². The molecule has 3 heteroatoms. The monoisotopic (exact) mass is 257 g/mol. The molecule has 2 rings (SSSR count). The first-order valence-electron chi connectivity index (χ1n) is 6.60. The number of rotatable bonds is 3. The van der Waals surface area contributed by atoms with Gasteiger partial charge in [-0.2, -0.15) is 0 Å². The Labute approximate surface area is 113 Å². The van der Waals surface area contributed by atoms with E-state index in [1.54, 1.807) is 18.2 Å². The number of benzene rings is 1. The van der Waals surface area contributed by atoms with Crippen LogP contribution in [-0.2, 0) is 0 Å². The van der Waals surface area contributed by atoms with Crippen LogP contribution in [-0.4, -0.2) is 17.3 Å². The van der Waals surface area contributed by atoms with Gasteiger partial charge in [0, 0.05) is 6.21 Å². The van der Waals surface area contributed by atoms with Crippen molar-refractivity contribution < 1.29 is 9.90 Å². The van der Waals surface area contributed by atoms with Gasteiger partial charge in [-0.25, -0.2) is 4.79 Å². The average Bonchev–Trinajstić information content (AvgIpc) is 2.35. The fourth-order valence-electron chi connectivity index (χ4n) is 2.66. The quantitative estimate of drug-likeness (QED) is 0.655. The smallest absolute Gasteiger partial charge is 0.337 e. The van der Waals surface area contributed by atoms with E-state index in [1.165, 1.54) is 5.57 Å². The van der Waals surface area contributed by atoms with E-state index in [2.05, 4.69) is 24.9 Å². The van der Waals surface area contributed by atoms with Crippen LogP contribution in [0, 0.1) is 11.8 Å². The first-order valence-corrected chi connectivity index (χ1v) is 6.60. The van der Waals surface area contributed by atoms with Gasteiger partial charge in [0.1, 0.15) is 0 Å². The third-order valence-corrected chi connectivity index (χ3v) is 3.39. The van der Waals surface area contributed by atoms with Crippen LogP contribution in [0.5, 0.6) is 0 Å². The molecule has 0 aliphatic heterocycles. The van der Waals surface area contributed by atoms with Crippen molar-refractivity contribution in [3.63, 3.8) is 0 Å². The van der Waals surface area contributed by atoms with Gasteiger partial charge >= 0.3 is 5.97 Å². The summed E-state index contributed by atoms with van der Waals surface area (Å²) in [5.74, 6) is 0.0441. The number of aromatic carboxylic acids is 1. The molecule has 0 heterocycles. The van der Waals surface area contributed by atoms with Gasteiger partial charge in [0.25, 0.3) is 0 Å². The molecule has 0 bridgehead atoms. The molecule has 0 amide bonds. The number of carboxylic acids is 1. The maximum absolute atomic E-state index is 11.1. The van der Waals surface area contributed by atoms with Crippen LogP contribution in [0.2, 0.25) is 0 Å². The average molecular weight is 257 g/mol. The second kappa shape index (κ2) is 5.83. The summed E-state index contributed by atoms with van der Waals surface area (Å²) in [6.07, 6.45) is 6.31. The molecule has 0 spiro atoms. The van der Waals surface area contributed by atoms with Gasteiger partial charge in [-0.15, -0.1) is 0 Å². The first kappa shape index (κ1) is 13.5. The molecule has 1 aliphatic carbocycles. The van der Waals surface area contributed by atoms with Crippen LogP contribution in [0.15, 0.2) is 40.9 Å². The number of allylic oxidation sites excluding steroid dienone is 2. The van der Waals surface area contributed by atoms with Crippen molar-refractivity contribution in [2.24, 2.45) is 16.8 Å². The lowest BCUT2D eigenvalue weighted by Crippen LogP contribution is -2.12. The molecule has 2 atom stereocenters. The van der Waals surface area contributed by atoms with Gasteiger partial charge < -0.3 is 5.11 Å². The normalized spacial score (nSPS) is 23.4. The molecule has 0 fully saturated rings. The molecular weight excluding hydrogens is 238 g/mol. The lowest BCUT2D eigenvalue weighted by Gasteiger charge is -2.22. The topological polar surface area (TPSA) is 49.7 Å². The summed E-state index contributed by atoms with van der Waals surface area (Å²) < 4.78 is 0. The van der Waals surface area contributed by atoms with Gasteiger partial charge in [0.2, 0.25) is 0 Å². The van der Waals surface area contributed by atoms with Gasteiger partial charge in [0.05, 0.1) is 11.3 Å². The Morgan fingerprint density at radius 2 is 2.16 bits per heavy atom. The molecule has 0 saturated heterocycles. The molecule has 19 heavy (non-hydrogen) atoms. The van der Waals surface area contributed by atoms with Crippen LogP contribution in [0.3, 0.4) is 0 Å². The summed E-state index contributed by atoms with van der Waals surface area (Å²) in [7, 11) is 0. The number of hydrogen-bond donors (Lipinski definition) is 1. The zero-order valence-electron chi connectivity index (χ0n) is 11.3. The summed E-state index contributed by atoms with van der Waals surface area (Å²) in [5, 5.41) is 9.10. The number of carboxylic acid groups (broad SMARTS) is 1.